The molecule has 90 valence electrons. The Bertz CT molecular complexity index is 537. The molecule has 0 aliphatic rings. The van der Waals surface area contributed by atoms with Crippen molar-refractivity contribution < 1.29 is 9.20 Å². The number of aromatic nitrogens is 2. The Morgan fingerprint density at radius 3 is 2.88 bits per heavy atom. The van der Waals surface area contributed by atoms with E-state index in [-0.39, 0.29) is 11.3 Å². The molecule has 4 heteroatoms. The number of H-pyrrole nitrogens is 1. The SMILES string of the molecule is CC(C)(C)CNC(=O)c1[nH]c[n+]2ccccc12. The number of pyridine rings is 1. The van der Waals surface area contributed by atoms with Gasteiger partial charge >= 0.3 is 0 Å². The molecule has 1 amide bonds. The van der Waals surface area contributed by atoms with Gasteiger partial charge in [0.1, 0.15) is 0 Å². The number of nitrogens with one attached hydrogen (secondary N) is 2. The van der Waals surface area contributed by atoms with Crippen molar-refractivity contribution in [1.29, 1.82) is 0 Å². The van der Waals surface area contributed by atoms with Gasteiger partial charge in [0, 0.05) is 6.54 Å². The van der Waals surface area contributed by atoms with E-state index in [4.69, 9.17) is 0 Å². The van der Waals surface area contributed by atoms with E-state index < -0.39 is 0 Å². The second-order valence-electron chi connectivity index (χ2n) is 5.38. The molecule has 2 aromatic heterocycles. The Hall–Kier alpha value is -1.84. The first-order valence-electron chi connectivity index (χ1n) is 5.73. The first kappa shape index (κ1) is 11.6. The number of imidazole rings is 1. The van der Waals surface area contributed by atoms with Crippen LogP contribution in [0.2, 0.25) is 0 Å². The number of hydrogen-bond donors (Lipinski definition) is 2. The zero-order valence-electron chi connectivity index (χ0n) is 10.4. The van der Waals surface area contributed by atoms with Gasteiger partial charge in [-0.15, -0.1) is 0 Å². The van der Waals surface area contributed by atoms with Gasteiger partial charge in [0.05, 0.1) is 6.20 Å². The van der Waals surface area contributed by atoms with Crippen molar-refractivity contribution in [2.75, 3.05) is 6.54 Å². The van der Waals surface area contributed by atoms with Crippen LogP contribution in [0.3, 0.4) is 0 Å². The maximum Gasteiger partial charge on any atom is 0.295 e. The summed E-state index contributed by atoms with van der Waals surface area (Å²) in [6.45, 7) is 6.93. The first-order chi connectivity index (χ1) is 7.97. The molecular weight excluding hydrogens is 214 g/mol. The molecule has 0 bridgehead atoms. The van der Waals surface area contributed by atoms with Gasteiger partial charge in [-0.1, -0.05) is 26.8 Å². The highest BCUT2D eigenvalue weighted by molar-refractivity contribution is 5.97. The molecule has 0 atom stereocenters. The van der Waals surface area contributed by atoms with Crippen molar-refractivity contribution in [3.8, 4) is 0 Å². The highest BCUT2D eigenvalue weighted by atomic mass is 16.1. The van der Waals surface area contributed by atoms with Gasteiger partial charge in [-0.3, -0.25) is 4.79 Å². The fourth-order valence-electron chi connectivity index (χ4n) is 1.60. The van der Waals surface area contributed by atoms with E-state index in [1.165, 1.54) is 0 Å². The number of aromatic amines is 1. The zero-order chi connectivity index (χ0) is 12.5. The number of carbonyl (C=O) groups excluding carboxylic acids is 1. The molecule has 2 heterocycles. The van der Waals surface area contributed by atoms with Gasteiger partial charge in [-0.05, 0) is 17.5 Å². The minimum atomic E-state index is -0.0615. The van der Waals surface area contributed by atoms with Crippen LogP contribution in [0.4, 0.5) is 0 Å². The van der Waals surface area contributed by atoms with E-state index in [1.54, 1.807) is 6.33 Å². The third-order valence-corrected chi connectivity index (χ3v) is 2.50. The number of fused-ring (bicyclic) bond motifs is 1. The van der Waals surface area contributed by atoms with Crippen LogP contribution >= 0.6 is 0 Å². The molecule has 0 aliphatic heterocycles. The van der Waals surface area contributed by atoms with E-state index >= 15 is 0 Å². The second-order valence-corrected chi connectivity index (χ2v) is 5.38. The maximum absolute atomic E-state index is 12.0. The van der Waals surface area contributed by atoms with Crippen LogP contribution in [0.15, 0.2) is 30.7 Å². The summed E-state index contributed by atoms with van der Waals surface area (Å²) in [6, 6.07) is 5.77. The summed E-state index contributed by atoms with van der Waals surface area (Å²) in [5.41, 5.74) is 1.58. The first-order valence-corrected chi connectivity index (χ1v) is 5.73. The molecule has 2 N–H and O–H groups in total. The fourth-order valence-corrected chi connectivity index (χ4v) is 1.60. The average molecular weight is 232 g/mol. The lowest BCUT2D eigenvalue weighted by molar-refractivity contribution is -0.511. The Kier molecular flexibility index (Phi) is 2.88. The molecular formula is C13H18N3O+. The highest BCUT2D eigenvalue weighted by Crippen LogP contribution is 2.11. The summed E-state index contributed by atoms with van der Waals surface area (Å²) in [7, 11) is 0. The van der Waals surface area contributed by atoms with Crippen LogP contribution in [0.5, 0.6) is 0 Å². The minimum Gasteiger partial charge on any atom is -0.348 e. The van der Waals surface area contributed by atoms with Crippen molar-refractivity contribution in [1.82, 2.24) is 10.3 Å². The number of hydrogen-bond acceptors (Lipinski definition) is 1. The summed E-state index contributed by atoms with van der Waals surface area (Å²) in [6.07, 6.45) is 3.69. The molecule has 0 spiro atoms. The van der Waals surface area contributed by atoms with Gasteiger partial charge in [0.2, 0.25) is 12.0 Å². The number of rotatable bonds is 2. The van der Waals surface area contributed by atoms with Crippen molar-refractivity contribution in [2.45, 2.75) is 20.8 Å². The van der Waals surface area contributed by atoms with Crippen molar-refractivity contribution in [2.24, 2.45) is 5.41 Å². The third-order valence-electron chi connectivity index (χ3n) is 2.50. The Balaban J connectivity index is 2.20. The van der Waals surface area contributed by atoms with E-state index in [2.05, 4.69) is 31.1 Å². The average Bonchev–Trinajstić information content (AvgIpc) is 2.68. The smallest absolute Gasteiger partial charge is 0.295 e. The van der Waals surface area contributed by atoms with Crippen LogP contribution < -0.4 is 9.72 Å². The largest absolute Gasteiger partial charge is 0.348 e. The molecule has 0 saturated heterocycles. The van der Waals surface area contributed by atoms with Crippen LogP contribution in [-0.2, 0) is 0 Å². The summed E-state index contributed by atoms with van der Waals surface area (Å²) in [5.74, 6) is -0.0615. The molecule has 0 aromatic carbocycles. The van der Waals surface area contributed by atoms with Gasteiger partial charge < -0.3 is 5.32 Å². The lowest BCUT2D eigenvalue weighted by Crippen LogP contribution is -2.32. The van der Waals surface area contributed by atoms with Gasteiger partial charge in [0.15, 0.2) is 5.52 Å². The molecule has 4 nitrogen and oxygen atoms in total. The zero-order valence-corrected chi connectivity index (χ0v) is 10.4. The van der Waals surface area contributed by atoms with Crippen molar-refractivity contribution in [3.05, 3.63) is 36.4 Å². The van der Waals surface area contributed by atoms with Crippen molar-refractivity contribution >= 4 is 11.4 Å². The van der Waals surface area contributed by atoms with Crippen LogP contribution in [0.25, 0.3) is 5.52 Å². The molecule has 0 saturated carbocycles. The van der Waals surface area contributed by atoms with Crippen molar-refractivity contribution in [3.63, 3.8) is 0 Å². The Morgan fingerprint density at radius 2 is 2.18 bits per heavy atom. The standard InChI is InChI=1S/C13H17N3O/c1-13(2,3)8-14-12(17)11-10-6-4-5-7-16(10)9-15-11/h4-7,9H,8H2,1-3H3,(H,14,17)/p+1. The second kappa shape index (κ2) is 4.20. The topological polar surface area (TPSA) is 49.0 Å². The minimum absolute atomic E-state index is 0.0615. The van der Waals surface area contributed by atoms with E-state index in [0.717, 1.165) is 5.52 Å². The lowest BCUT2D eigenvalue weighted by atomic mass is 9.97. The fraction of sp³-hybridized carbons (Fsp3) is 0.385. The quantitative estimate of drug-likeness (QED) is 0.758. The molecule has 0 aliphatic carbocycles. The molecule has 0 unspecified atom stereocenters. The molecule has 0 radical (unpaired) electrons. The summed E-state index contributed by atoms with van der Waals surface area (Å²) >= 11 is 0. The van der Waals surface area contributed by atoms with E-state index in [1.807, 2.05) is 28.8 Å². The number of amides is 1. The van der Waals surface area contributed by atoms with Gasteiger partial charge in [-0.2, -0.15) is 0 Å². The summed E-state index contributed by atoms with van der Waals surface area (Å²) in [4.78, 5) is 15.0. The highest BCUT2D eigenvalue weighted by Gasteiger charge is 2.20. The Morgan fingerprint density at radius 1 is 1.41 bits per heavy atom. The summed E-state index contributed by atoms with van der Waals surface area (Å²) in [5, 5.41) is 2.93. The predicted molar refractivity (Wildman–Crippen MR) is 65.7 cm³/mol. The maximum atomic E-state index is 12.0. The van der Waals surface area contributed by atoms with E-state index in [9.17, 15) is 4.79 Å². The van der Waals surface area contributed by atoms with E-state index in [0.29, 0.717) is 12.2 Å². The predicted octanol–water partition coefficient (Wildman–Crippen LogP) is 1.53. The van der Waals surface area contributed by atoms with Crippen LogP contribution in [0.1, 0.15) is 31.3 Å². The van der Waals surface area contributed by atoms with Crippen LogP contribution in [0, 0.1) is 5.41 Å². The number of nitrogens with zero attached hydrogens (tertiary/aromatic N) is 1. The number of carbonyl (C=O) groups is 1. The monoisotopic (exact) mass is 232 g/mol. The molecule has 17 heavy (non-hydrogen) atoms. The molecule has 2 aromatic rings. The van der Waals surface area contributed by atoms with Gasteiger partial charge in [-0.25, -0.2) is 9.38 Å². The normalized spacial score (nSPS) is 11.7. The molecule has 0 fully saturated rings. The lowest BCUT2D eigenvalue weighted by Gasteiger charge is -2.17. The molecule has 2 rings (SSSR count). The third kappa shape index (κ3) is 2.64. The van der Waals surface area contributed by atoms with Gasteiger partial charge in [0.25, 0.3) is 5.91 Å². The van der Waals surface area contributed by atoms with Crippen LogP contribution in [-0.4, -0.2) is 17.4 Å². The summed E-state index contributed by atoms with van der Waals surface area (Å²) < 4.78 is 1.89. The Labute approximate surface area is 101 Å².